The Morgan fingerprint density at radius 2 is 1.91 bits per heavy atom. The second kappa shape index (κ2) is 5.86. The van der Waals surface area contributed by atoms with E-state index < -0.39 is 14.8 Å². The molecule has 0 radical (unpaired) electrons. The molecule has 5 heteroatoms. The summed E-state index contributed by atoms with van der Waals surface area (Å²) < 4.78 is 0. The first-order valence-electron chi connectivity index (χ1n) is 3.33. The van der Waals surface area contributed by atoms with Crippen molar-refractivity contribution in [1.82, 2.24) is 0 Å². The summed E-state index contributed by atoms with van der Waals surface area (Å²) in [6, 6.07) is 0. The van der Waals surface area contributed by atoms with Crippen molar-refractivity contribution in [2.24, 2.45) is 0 Å². The Morgan fingerprint density at radius 3 is 1.91 bits per heavy atom. The molecule has 0 aromatic carbocycles. The van der Waals surface area contributed by atoms with Gasteiger partial charge >= 0.3 is 5.97 Å². The zero-order chi connectivity index (χ0) is 8.31. The van der Waals surface area contributed by atoms with Gasteiger partial charge in [-0.15, -0.1) is 24.0 Å². The lowest BCUT2D eigenvalue weighted by molar-refractivity contribution is -0.136. The molecule has 2 unspecified atom stereocenters. The van der Waals surface area contributed by atoms with Crippen LogP contribution in [-0.4, -0.2) is 25.2 Å². The van der Waals surface area contributed by atoms with Crippen LogP contribution in [0, 0.1) is 0 Å². The van der Waals surface area contributed by atoms with Crippen molar-refractivity contribution in [2.45, 2.75) is 30.9 Å². The van der Waals surface area contributed by atoms with Gasteiger partial charge in [-0.2, -0.15) is 0 Å². The molecule has 0 aliphatic heterocycles. The Kier molecular flexibility index (Phi) is 7.37. The molecule has 0 aromatic rings. The van der Waals surface area contributed by atoms with Crippen molar-refractivity contribution < 1.29 is 9.90 Å². The van der Waals surface area contributed by atoms with Crippen molar-refractivity contribution in [1.29, 1.82) is 0 Å². The summed E-state index contributed by atoms with van der Waals surface area (Å²) in [6.45, 7) is 5.74. The van der Waals surface area contributed by atoms with Crippen LogP contribution in [0.4, 0.5) is 0 Å². The molecule has 1 N–H and O–H groups in total. The fourth-order valence-electron chi connectivity index (χ4n) is 1.01. The van der Waals surface area contributed by atoms with Gasteiger partial charge in [-0.05, 0) is 6.92 Å². The van der Waals surface area contributed by atoms with Crippen LogP contribution < -0.4 is 0 Å². The quantitative estimate of drug-likeness (QED) is 0.579. The topological polar surface area (TPSA) is 37.3 Å². The number of hydrogen-bond donors (Lipinski definition) is 1. The predicted octanol–water partition coefficient (Wildman–Crippen LogP) is 1.98. The molecule has 11 heavy (non-hydrogen) atoms. The monoisotopic (exact) mass is 216 g/mol. The Labute approximate surface area is 80.0 Å². The van der Waals surface area contributed by atoms with Crippen molar-refractivity contribution >= 4 is 38.8 Å². The van der Waals surface area contributed by atoms with Gasteiger partial charge in [-0.3, -0.25) is 4.79 Å². The third-order valence-corrected chi connectivity index (χ3v) is 4.31. The van der Waals surface area contributed by atoms with Crippen LogP contribution in [0.1, 0.15) is 6.92 Å². The fraction of sp³-hybridized carbons (Fsp3) is 0.833. The van der Waals surface area contributed by atoms with E-state index >= 15 is 0 Å². The largest absolute Gasteiger partial charge is 0.481 e. The molecule has 0 bridgehead atoms. The molecule has 0 amide bonds. The summed E-state index contributed by atoms with van der Waals surface area (Å²) in [6.07, 6.45) is 0. The van der Waals surface area contributed by atoms with Gasteiger partial charge < -0.3 is 5.11 Å². The highest BCUT2D eigenvalue weighted by Crippen LogP contribution is 2.20. The van der Waals surface area contributed by atoms with Gasteiger partial charge in [-0.25, -0.2) is 0 Å². The first-order chi connectivity index (χ1) is 4.46. The minimum Gasteiger partial charge on any atom is -0.481 e. The van der Waals surface area contributed by atoms with Gasteiger partial charge in [0.15, 0.2) is 0 Å². The van der Waals surface area contributed by atoms with E-state index in [1.54, 1.807) is 6.92 Å². The Bertz CT molecular complexity index is 120. The molecule has 0 saturated carbocycles. The number of aliphatic carboxylic acids is 1. The lowest BCUT2D eigenvalue weighted by Gasteiger charge is -2.16. The minimum atomic E-state index is -1.13. The first kappa shape index (κ1) is 13.8. The zero-order valence-electron chi connectivity index (χ0n) is 6.87. The molecule has 68 valence electrons. The van der Waals surface area contributed by atoms with Gasteiger partial charge in [0.25, 0.3) is 0 Å². The van der Waals surface area contributed by atoms with E-state index in [4.69, 9.17) is 16.7 Å². The molecular formula is C6H14Cl2O2Si. The van der Waals surface area contributed by atoms with Crippen LogP contribution in [0.15, 0.2) is 0 Å². The molecule has 0 aromatic heterocycles. The summed E-state index contributed by atoms with van der Waals surface area (Å²) in [5.74, 6) is -0.746. The smallest absolute Gasteiger partial charge is 0.304 e. The molecule has 0 aliphatic carbocycles. The van der Waals surface area contributed by atoms with Crippen molar-refractivity contribution in [2.75, 3.05) is 0 Å². The highest BCUT2D eigenvalue weighted by Gasteiger charge is 2.26. The molecule has 0 saturated heterocycles. The number of rotatable bonds is 3. The summed E-state index contributed by atoms with van der Waals surface area (Å²) in [5.41, 5.74) is -0.290. The highest BCUT2D eigenvalue weighted by atomic mass is 35.5. The fourth-order valence-corrected chi connectivity index (χ4v) is 3.62. The average Bonchev–Trinajstić information content (AvgIpc) is 1.59. The van der Waals surface area contributed by atoms with Crippen LogP contribution in [0.3, 0.4) is 0 Å². The van der Waals surface area contributed by atoms with Crippen molar-refractivity contribution in [3.8, 4) is 0 Å². The highest BCUT2D eigenvalue weighted by molar-refractivity contribution is 6.63. The van der Waals surface area contributed by atoms with E-state index in [1.807, 2.05) is 13.1 Å². The third kappa shape index (κ3) is 4.66. The van der Waals surface area contributed by atoms with Crippen LogP contribution >= 0.6 is 24.0 Å². The van der Waals surface area contributed by atoms with Crippen LogP contribution in [0.2, 0.25) is 18.6 Å². The summed E-state index contributed by atoms with van der Waals surface area (Å²) in [7, 11) is -1.13. The molecule has 0 rings (SSSR count). The number of halogens is 2. The van der Waals surface area contributed by atoms with E-state index in [9.17, 15) is 4.79 Å². The lowest BCUT2D eigenvalue weighted by Crippen LogP contribution is -2.27. The Hall–Kier alpha value is 0.267. The maximum atomic E-state index is 10.5. The van der Waals surface area contributed by atoms with Gasteiger partial charge in [0.2, 0.25) is 0 Å². The van der Waals surface area contributed by atoms with E-state index in [1.165, 1.54) is 0 Å². The molecular weight excluding hydrogens is 203 g/mol. The lowest BCUT2D eigenvalue weighted by atomic mass is 10.3. The number of hydrogen-bond acceptors (Lipinski definition) is 1. The SMILES string of the molecule is CC(Cl)C(C(=O)O)[SiH](C)C.Cl. The van der Waals surface area contributed by atoms with Crippen LogP contribution in [0.25, 0.3) is 0 Å². The zero-order valence-corrected chi connectivity index (χ0v) is 9.60. The molecule has 0 spiro atoms. The van der Waals surface area contributed by atoms with Crippen LogP contribution in [0.5, 0.6) is 0 Å². The van der Waals surface area contributed by atoms with Crippen molar-refractivity contribution in [3.05, 3.63) is 0 Å². The first-order valence-corrected chi connectivity index (χ1v) is 6.75. The maximum Gasteiger partial charge on any atom is 0.304 e. The molecule has 0 heterocycles. The summed E-state index contributed by atoms with van der Waals surface area (Å²) >= 11 is 5.69. The maximum absolute atomic E-state index is 10.5. The number of carboxylic acid groups (broad SMARTS) is 1. The van der Waals surface area contributed by atoms with Gasteiger partial charge in [0.05, 0.1) is 5.54 Å². The van der Waals surface area contributed by atoms with Gasteiger partial charge in [0, 0.05) is 14.2 Å². The Morgan fingerprint density at radius 1 is 1.55 bits per heavy atom. The van der Waals surface area contributed by atoms with Gasteiger partial charge in [-0.1, -0.05) is 13.1 Å². The molecule has 2 nitrogen and oxygen atoms in total. The standard InChI is InChI=1S/C6H13ClO2Si.ClH/c1-4(7)5(6(8)9)10(2)3;/h4-5,10H,1-3H3,(H,8,9);1H. The van der Waals surface area contributed by atoms with E-state index in [-0.39, 0.29) is 23.3 Å². The number of carboxylic acids is 1. The second-order valence-electron chi connectivity index (χ2n) is 2.79. The molecule has 0 aliphatic rings. The molecule has 2 atom stereocenters. The predicted molar refractivity (Wildman–Crippen MR) is 52.8 cm³/mol. The van der Waals surface area contributed by atoms with E-state index in [2.05, 4.69) is 0 Å². The minimum absolute atomic E-state index is 0. The second-order valence-corrected chi connectivity index (χ2v) is 6.68. The number of carbonyl (C=O) groups is 1. The third-order valence-electron chi connectivity index (χ3n) is 1.50. The average molecular weight is 217 g/mol. The van der Waals surface area contributed by atoms with E-state index in [0.717, 1.165) is 0 Å². The summed E-state index contributed by atoms with van der Waals surface area (Å²) in [4.78, 5) is 10.5. The number of alkyl halides is 1. The normalized spacial score (nSPS) is 15.4. The Balaban J connectivity index is 0. The molecule has 0 fully saturated rings. The van der Waals surface area contributed by atoms with Crippen molar-refractivity contribution in [3.63, 3.8) is 0 Å². The van der Waals surface area contributed by atoms with E-state index in [0.29, 0.717) is 0 Å². The van der Waals surface area contributed by atoms with Crippen LogP contribution in [-0.2, 0) is 4.79 Å². The summed E-state index contributed by atoms with van der Waals surface area (Å²) in [5, 5.41) is 8.43. The van der Waals surface area contributed by atoms with Gasteiger partial charge in [0.1, 0.15) is 0 Å².